The lowest BCUT2D eigenvalue weighted by Gasteiger charge is -2.39. The van der Waals surface area contributed by atoms with Crippen LogP contribution in [-0.4, -0.2) is 57.4 Å². The quantitative estimate of drug-likeness (QED) is 0.451. The minimum Gasteiger partial charge on any atom is -0.507 e. The second-order valence-electron chi connectivity index (χ2n) is 9.23. The lowest BCUT2D eigenvalue weighted by atomic mass is 9.87. The first-order chi connectivity index (χ1) is 15.8. The molecule has 0 aliphatic carbocycles. The molecule has 2 aliphatic rings. The summed E-state index contributed by atoms with van der Waals surface area (Å²) in [5.41, 5.74) is 4.69. The van der Waals surface area contributed by atoms with Gasteiger partial charge in [-0.3, -0.25) is 0 Å². The highest BCUT2D eigenvalue weighted by atomic mass is 16.3. The fraction of sp³-hybridized carbons (Fsp3) is 0.385. The Kier molecular flexibility index (Phi) is 5.04. The van der Waals surface area contributed by atoms with Crippen molar-refractivity contribution >= 4 is 21.9 Å². The van der Waals surface area contributed by atoms with Gasteiger partial charge in [0.1, 0.15) is 5.75 Å². The molecule has 2 aliphatic heterocycles. The molecular weight excluding hydrogens is 398 g/mol. The molecular formula is C26H29N5O. The van der Waals surface area contributed by atoms with Crippen LogP contribution < -0.4 is 5.32 Å². The molecule has 6 nitrogen and oxygen atoms in total. The third kappa shape index (κ3) is 3.53. The SMILES string of the molecule is Oc1ccccc1-c1cc2c(nn1)[nH]c1ccc(C3CCN(C4CCNCC4)CC3)cc12. The van der Waals surface area contributed by atoms with E-state index in [0.717, 1.165) is 35.7 Å². The summed E-state index contributed by atoms with van der Waals surface area (Å²) >= 11 is 0. The van der Waals surface area contributed by atoms with E-state index < -0.39 is 0 Å². The Bertz CT molecular complexity index is 1250. The molecule has 6 rings (SSSR count). The van der Waals surface area contributed by atoms with Gasteiger partial charge in [-0.1, -0.05) is 18.2 Å². The summed E-state index contributed by atoms with van der Waals surface area (Å²) in [4.78, 5) is 6.12. The fourth-order valence-electron chi connectivity index (χ4n) is 5.56. The Balaban J connectivity index is 1.29. The van der Waals surface area contributed by atoms with Gasteiger partial charge in [0.15, 0.2) is 5.65 Å². The summed E-state index contributed by atoms with van der Waals surface area (Å²) in [5, 5.41) is 24.7. The van der Waals surface area contributed by atoms with E-state index in [1.165, 1.54) is 49.7 Å². The van der Waals surface area contributed by atoms with E-state index in [1.807, 2.05) is 24.3 Å². The first-order valence-electron chi connectivity index (χ1n) is 11.8. The minimum atomic E-state index is 0.224. The Labute approximate surface area is 187 Å². The van der Waals surface area contributed by atoms with Crippen molar-refractivity contribution in [2.75, 3.05) is 26.2 Å². The number of piperidine rings is 2. The van der Waals surface area contributed by atoms with Crippen LogP contribution >= 0.6 is 0 Å². The fourth-order valence-corrected chi connectivity index (χ4v) is 5.56. The van der Waals surface area contributed by atoms with Gasteiger partial charge in [-0.2, -0.15) is 0 Å². The molecule has 2 fully saturated rings. The summed E-state index contributed by atoms with van der Waals surface area (Å²) in [5.74, 6) is 0.830. The first-order valence-corrected chi connectivity index (χ1v) is 11.8. The van der Waals surface area contributed by atoms with Crippen LogP contribution in [0.5, 0.6) is 5.75 Å². The molecule has 164 valence electrons. The van der Waals surface area contributed by atoms with Gasteiger partial charge in [-0.25, -0.2) is 0 Å². The van der Waals surface area contributed by atoms with Crippen LogP contribution in [0.3, 0.4) is 0 Å². The van der Waals surface area contributed by atoms with Crippen molar-refractivity contribution in [3.8, 4) is 17.0 Å². The van der Waals surface area contributed by atoms with E-state index in [-0.39, 0.29) is 5.75 Å². The number of phenols is 1. The van der Waals surface area contributed by atoms with E-state index in [9.17, 15) is 5.11 Å². The van der Waals surface area contributed by atoms with E-state index in [0.29, 0.717) is 17.2 Å². The summed E-state index contributed by atoms with van der Waals surface area (Å²) in [6, 6.07) is 16.9. The van der Waals surface area contributed by atoms with Crippen LogP contribution in [0.4, 0.5) is 0 Å². The second-order valence-corrected chi connectivity index (χ2v) is 9.23. The number of aromatic hydroxyl groups is 1. The van der Waals surface area contributed by atoms with Gasteiger partial charge in [0, 0.05) is 27.9 Å². The van der Waals surface area contributed by atoms with Crippen molar-refractivity contribution in [3.05, 3.63) is 54.1 Å². The van der Waals surface area contributed by atoms with Crippen molar-refractivity contribution in [3.63, 3.8) is 0 Å². The molecule has 0 amide bonds. The number of aromatic amines is 1. The van der Waals surface area contributed by atoms with E-state index in [2.05, 4.69) is 43.6 Å². The largest absolute Gasteiger partial charge is 0.507 e. The van der Waals surface area contributed by atoms with Gasteiger partial charge >= 0.3 is 0 Å². The molecule has 2 aromatic heterocycles. The molecule has 4 aromatic rings. The van der Waals surface area contributed by atoms with Crippen molar-refractivity contribution in [2.45, 2.75) is 37.6 Å². The van der Waals surface area contributed by atoms with Crippen molar-refractivity contribution in [2.24, 2.45) is 0 Å². The van der Waals surface area contributed by atoms with Crippen LogP contribution in [-0.2, 0) is 0 Å². The number of nitrogens with one attached hydrogen (secondary N) is 2. The van der Waals surface area contributed by atoms with Crippen molar-refractivity contribution in [1.29, 1.82) is 0 Å². The topological polar surface area (TPSA) is 77.1 Å². The summed E-state index contributed by atoms with van der Waals surface area (Å²) in [6.45, 7) is 4.72. The summed E-state index contributed by atoms with van der Waals surface area (Å²) in [6.07, 6.45) is 5.01. The number of para-hydroxylation sites is 1. The number of H-pyrrole nitrogens is 1. The second kappa shape index (κ2) is 8.19. The number of benzene rings is 2. The molecule has 0 saturated carbocycles. The number of aromatic nitrogens is 3. The number of likely N-dealkylation sites (tertiary alicyclic amines) is 1. The molecule has 4 heterocycles. The van der Waals surface area contributed by atoms with Crippen LogP contribution in [0.15, 0.2) is 48.5 Å². The monoisotopic (exact) mass is 427 g/mol. The highest BCUT2D eigenvalue weighted by Gasteiger charge is 2.27. The zero-order chi connectivity index (χ0) is 21.5. The normalized spacial score (nSPS) is 19.1. The van der Waals surface area contributed by atoms with Crippen LogP contribution in [0.1, 0.15) is 37.2 Å². The Morgan fingerprint density at radius 2 is 1.69 bits per heavy atom. The molecule has 0 radical (unpaired) electrons. The Morgan fingerprint density at radius 1 is 0.875 bits per heavy atom. The van der Waals surface area contributed by atoms with Crippen molar-refractivity contribution in [1.82, 2.24) is 25.4 Å². The molecule has 2 aromatic carbocycles. The third-order valence-electron chi connectivity index (χ3n) is 7.39. The molecule has 0 bridgehead atoms. The molecule has 32 heavy (non-hydrogen) atoms. The number of hydrogen-bond donors (Lipinski definition) is 3. The zero-order valence-electron chi connectivity index (χ0n) is 18.2. The van der Waals surface area contributed by atoms with Gasteiger partial charge in [0.2, 0.25) is 0 Å². The molecule has 6 heteroatoms. The van der Waals surface area contributed by atoms with E-state index in [4.69, 9.17) is 0 Å². The lowest BCUT2D eigenvalue weighted by Crippen LogP contribution is -2.46. The van der Waals surface area contributed by atoms with Crippen LogP contribution in [0, 0.1) is 0 Å². The number of hydrogen-bond acceptors (Lipinski definition) is 5. The average Bonchev–Trinajstić information content (AvgIpc) is 3.22. The standard InChI is InChI=1S/C26H29N5O/c32-25-4-2-1-3-20(25)24-16-22-21-15-18(5-6-23(21)28-26(22)30-29-24)17-9-13-31(14-10-17)19-7-11-27-12-8-19/h1-6,15-17,19,27,32H,7-14H2,(H,28,30). The van der Waals surface area contributed by atoms with Gasteiger partial charge < -0.3 is 20.3 Å². The highest BCUT2D eigenvalue weighted by molar-refractivity contribution is 6.06. The molecule has 2 saturated heterocycles. The summed E-state index contributed by atoms with van der Waals surface area (Å²) < 4.78 is 0. The Hall–Kier alpha value is -2.96. The number of nitrogens with zero attached hydrogens (tertiary/aromatic N) is 3. The molecule has 0 spiro atoms. The van der Waals surface area contributed by atoms with Gasteiger partial charge in [-0.15, -0.1) is 10.2 Å². The van der Waals surface area contributed by atoms with Crippen LogP contribution in [0.25, 0.3) is 33.2 Å². The summed E-state index contributed by atoms with van der Waals surface area (Å²) in [7, 11) is 0. The third-order valence-corrected chi connectivity index (χ3v) is 7.39. The number of fused-ring (bicyclic) bond motifs is 3. The van der Waals surface area contributed by atoms with Gasteiger partial charge in [0.25, 0.3) is 0 Å². The predicted molar refractivity (Wildman–Crippen MR) is 128 cm³/mol. The minimum absolute atomic E-state index is 0.224. The lowest BCUT2D eigenvalue weighted by molar-refractivity contribution is 0.127. The van der Waals surface area contributed by atoms with Gasteiger partial charge in [-0.05, 0) is 93.7 Å². The highest BCUT2D eigenvalue weighted by Crippen LogP contribution is 2.35. The average molecular weight is 428 g/mol. The Morgan fingerprint density at radius 3 is 2.50 bits per heavy atom. The van der Waals surface area contributed by atoms with Crippen LogP contribution in [0.2, 0.25) is 0 Å². The number of phenolic OH excluding ortho intramolecular Hbond substituents is 1. The molecule has 3 N–H and O–H groups in total. The van der Waals surface area contributed by atoms with Gasteiger partial charge in [0.05, 0.1) is 5.69 Å². The maximum absolute atomic E-state index is 10.2. The van der Waals surface area contributed by atoms with E-state index in [1.54, 1.807) is 6.07 Å². The smallest absolute Gasteiger partial charge is 0.161 e. The molecule has 0 atom stereocenters. The van der Waals surface area contributed by atoms with E-state index >= 15 is 0 Å². The molecule has 0 unspecified atom stereocenters. The zero-order valence-corrected chi connectivity index (χ0v) is 18.2. The van der Waals surface area contributed by atoms with Crippen molar-refractivity contribution < 1.29 is 5.11 Å². The predicted octanol–water partition coefficient (Wildman–Crippen LogP) is 4.42. The maximum Gasteiger partial charge on any atom is 0.161 e. The first kappa shape index (κ1) is 19.7. The maximum atomic E-state index is 10.2. The number of rotatable bonds is 3.